The molecule has 0 saturated carbocycles. The van der Waals surface area contributed by atoms with E-state index in [0.29, 0.717) is 32.2 Å². The van der Waals surface area contributed by atoms with E-state index < -0.39 is 30.0 Å². The van der Waals surface area contributed by atoms with Crippen molar-refractivity contribution in [1.29, 1.82) is 0 Å². The Labute approximate surface area is 216 Å². The van der Waals surface area contributed by atoms with E-state index in [4.69, 9.17) is 0 Å². The fraction of sp³-hybridized carbons (Fsp3) is 0.556. The third-order valence-electron chi connectivity index (χ3n) is 7.71. The molecule has 2 fully saturated rings. The number of amides is 3. The summed E-state index contributed by atoms with van der Waals surface area (Å²) in [7, 11) is 0. The van der Waals surface area contributed by atoms with Crippen molar-refractivity contribution in [2.75, 3.05) is 13.1 Å². The van der Waals surface area contributed by atoms with Crippen molar-refractivity contribution in [3.05, 3.63) is 36.0 Å². The largest absolute Gasteiger partial charge is 0.480 e. The number of hydrogen-bond donors (Lipinski definition) is 5. The molecule has 1 aromatic heterocycles. The van der Waals surface area contributed by atoms with E-state index in [2.05, 4.69) is 20.9 Å². The average Bonchev–Trinajstić information content (AvgIpc) is 3.67. The number of hydrogen-bond acceptors (Lipinski definition) is 5. The molecule has 5 N–H and O–H groups in total. The first-order valence-corrected chi connectivity index (χ1v) is 13.2. The zero-order valence-electron chi connectivity index (χ0n) is 21.5. The second-order valence-electron chi connectivity index (χ2n) is 10.2. The predicted octanol–water partition coefficient (Wildman–Crippen LogP) is 1.55. The highest BCUT2D eigenvalue weighted by Gasteiger charge is 2.40. The van der Waals surface area contributed by atoms with E-state index in [1.807, 2.05) is 37.4 Å². The number of nitrogens with zero attached hydrogens (tertiary/aromatic N) is 1. The van der Waals surface area contributed by atoms with E-state index in [-0.39, 0.29) is 30.2 Å². The SMILES string of the molecule is CCC(C)C(NC(=O)C1CCCN1C(=O)C(Cc1c[nH]c2ccccc12)NC(=O)C1CCCN1)C(=O)O. The fourth-order valence-electron chi connectivity index (χ4n) is 5.34. The quantitative estimate of drug-likeness (QED) is 0.328. The predicted molar refractivity (Wildman–Crippen MR) is 139 cm³/mol. The molecule has 10 heteroatoms. The number of fused-ring (bicyclic) bond motifs is 1. The van der Waals surface area contributed by atoms with Crippen LogP contribution < -0.4 is 16.0 Å². The van der Waals surface area contributed by atoms with Crippen molar-refractivity contribution < 1.29 is 24.3 Å². The summed E-state index contributed by atoms with van der Waals surface area (Å²) in [6.45, 7) is 4.78. The van der Waals surface area contributed by atoms with E-state index in [1.54, 1.807) is 6.92 Å². The van der Waals surface area contributed by atoms with Crippen LogP contribution in [0, 0.1) is 5.92 Å². The Morgan fingerprint density at radius 2 is 1.89 bits per heavy atom. The normalized spacial score (nSPS) is 21.9. The number of benzene rings is 1. The van der Waals surface area contributed by atoms with Gasteiger partial charge in [0.25, 0.3) is 0 Å². The van der Waals surface area contributed by atoms with Gasteiger partial charge in [0.1, 0.15) is 18.1 Å². The van der Waals surface area contributed by atoms with Gasteiger partial charge in [-0.05, 0) is 49.8 Å². The molecule has 0 radical (unpaired) electrons. The number of nitrogens with one attached hydrogen (secondary N) is 4. The van der Waals surface area contributed by atoms with Gasteiger partial charge in [0.05, 0.1) is 6.04 Å². The first-order chi connectivity index (χ1) is 17.8. The number of aromatic amines is 1. The third kappa shape index (κ3) is 5.95. The summed E-state index contributed by atoms with van der Waals surface area (Å²) in [4.78, 5) is 56.5. The van der Waals surface area contributed by atoms with Crippen molar-refractivity contribution in [1.82, 2.24) is 25.8 Å². The van der Waals surface area contributed by atoms with E-state index in [9.17, 15) is 24.3 Å². The molecule has 10 nitrogen and oxygen atoms in total. The van der Waals surface area contributed by atoms with Gasteiger partial charge in [-0.3, -0.25) is 14.4 Å². The van der Waals surface area contributed by atoms with Crippen LogP contribution in [0.2, 0.25) is 0 Å². The standard InChI is InChI=1S/C27H37N5O5/c1-3-16(2)23(27(36)37)31-25(34)22-11-7-13-32(22)26(35)21(30-24(33)20-10-6-12-28-20)14-17-15-29-19-9-5-4-8-18(17)19/h4-5,8-9,15-16,20-23,28-29H,3,6-7,10-14H2,1-2H3,(H,30,33)(H,31,34)(H,36,37). The van der Waals surface area contributed by atoms with Crippen LogP contribution in [0.3, 0.4) is 0 Å². The first-order valence-electron chi connectivity index (χ1n) is 13.2. The highest BCUT2D eigenvalue weighted by Crippen LogP contribution is 2.23. The van der Waals surface area contributed by atoms with Gasteiger partial charge in [-0.15, -0.1) is 0 Å². The van der Waals surface area contributed by atoms with Crippen LogP contribution >= 0.6 is 0 Å². The van der Waals surface area contributed by atoms with Gasteiger partial charge in [0.2, 0.25) is 17.7 Å². The van der Waals surface area contributed by atoms with Crippen LogP contribution in [0.1, 0.15) is 51.5 Å². The van der Waals surface area contributed by atoms with Crippen LogP contribution in [0.4, 0.5) is 0 Å². The minimum Gasteiger partial charge on any atom is -0.480 e. The minimum atomic E-state index is -1.09. The lowest BCUT2D eigenvalue weighted by Gasteiger charge is -2.30. The summed E-state index contributed by atoms with van der Waals surface area (Å²) in [6, 6.07) is 4.78. The number of H-pyrrole nitrogens is 1. The number of rotatable bonds is 10. The smallest absolute Gasteiger partial charge is 0.326 e. The maximum absolute atomic E-state index is 13.9. The molecule has 2 aliphatic heterocycles. The molecule has 2 aromatic rings. The van der Waals surface area contributed by atoms with Gasteiger partial charge >= 0.3 is 5.97 Å². The number of carbonyl (C=O) groups is 4. The summed E-state index contributed by atoms with van der Waals surface area (Å²) < 4.78 is 0. The van der Waals surface area contributed by atoms with Crippen molar-refractivity contribution >= 4 is 34.6 Å². The molecule has 5 atom stereocenters. The van der Waals surface area contributed by atoms with Crippen LogP contribution in [0.15, 0.2) is 30.5 Å². The van der Waals surface area contributed by atoms with Gasteiger partial charge in [0, 0.05) is 30.1 Å². The molecule has 4 rings (SSSR count). The monoisotopic (exact) mass is 511 g/mol. The Morgan fingerprint density at radius 3 is 2.59 bits per heavy atom. The molecule has 3 heterocycles. The molecule has 0 aliphatic carbocycles. The molecule has 2 aliphatic rings. The molecule has 37 heavy (non-hydrogen) atoms. The van der Waals surface area contributed by atoms with E-state index >= 15 is 0 Å². The Balaban J connectivity index is 1.55. The van der Waals surface area contributed by atoms with Gasteiger partial charge in [-0.1, -0.05) is 38.5 Å². The molecule has 1 aromatic carbocycles. The number of aliphatic carboxylic acids is 1. The van der Waals surface area contributed by atoms with Crippen molar-refractivity contribution in [2.45, 2.75) is 76.5 Å². The maximum atomic E-state index is 13.9. The second-order valence-corrected chi connectivity index (χ2v) is 10.2. The molecule has 200 valence electrons. The highest BCUT2D eigenvalue weighted by molar-refractivity contribution is 5.95. The lowest BCUT2D eigenvalue weighted by molar-refractivity contribution is -0.146. The lowest BCUT2D eigenvalue weighted by atomic mass is 9.98. The minimum absolute atomic E-state index is 0.224. The van der Waals surface area contributed by atoms with Crippen molar-refractivity contribution in [2.24, 2.45) is 5.92 Å². The van der Waals surface area contributed by atoms with Crippen molar-refractivity contribution in [3.63, 3.8) is 0 Å². The van der Waals surface area contributed by atoms with Gasteiger partial charge < -0.3 is 30.9 Å². The topological polar surface area (TPSA) is 144 Å². The van der Waals surface area contributed by atoms with Crippen molar-refractivity contribution in [3.8, 4) is 0 Å². The number of carboxylic acid groups (broad SMARTS) is 1. The Kier molecular flexibility index (Phi) is 8.48. The van der Waals surface area contributed by atoms with E-state index in [1.165, 1.54) is 4.90 Å². The Bertz CT molecular complexity index is 1140. The maximum Gasteiger partial charge on any atom is 0.326 e. The molecule has 3 amide bonds. The van der Waals surface area contributed by atoms with Crippen LogP contribution in [0.5, 0.6) is 0 Å². The Hall–Kier alpha value is -3.40. The molecule has 5 unspecified atom stereocenters. The molecule has 0 spiro atoms. The highest BCUT2D eigenvalue weighted by atomic mass is 16.4. The number of para-hydroxylation sites is 1. The first kappa shape index (κ1) is 26.7. The molecular formula is C27H37N5O5. The summed E-state index contributed by atoms with van der Waals surface area (Å²) >= 11 is 0. The lowest BCUT2D eigenvalue weighted by Crippen LogP contribution is -2.57. The molecule has 2 saturated heterocycles. The average molecular weight is 512 g/mol. The second kappa shape index (κ2) is 11.8. The number of carbonyl (C=O) groups excluding carboxylic acids is 3. The zero-order valence-corrected chi connectivity index (χ0v) is 21.5. The zero-order chi connectivity index (χ0) is 26.5. The number of aromatic nitrogens is 1. The van der Waals surface area contributed by atoms with Crippen LogP contribution in [-0.4, -0.2) is 75.9 Å². The Morgan fingerprint density at radius 1 is 1.11 bits per heavy atom. The summed E-state index contributed by atoms with van der Waals surface area (Å²) in [5, 5.41) is 19.4. The third-order valence-corrected chi connectivity index (χ3v) is 7.71. The fourth-order valence-corrected chi connectivity index (χ4v) is 5.34. The van der Waals surface area contributed by atoms with Gasteiger partial charge in [-0.25, -0.2) is 4.79 Å². The van der Waals surface area contributed by atoms with Gasteiger partial charge in [0.15, 0.2) is 0 Å². The number of likely N-dealkylation sites (tertiary alicyclic amines) is 1. The van der Waals surface area contributed by atoms with Crippen LogP contribution in [0.25, 0.3) is 10.9 Å². The van der Waals surface area contributed by atoms with Crippen LogP contribution in [-0.2, 0) is 25.6 Å². The van der Waals surface area contributed by atoms with E-state index in [0.717, 1.165) is 29.4 Å². The summed E-state index contributed by atoms with van der Waals surface area (Å²) in [5.74, 6) is -2.36. The number of carboxylic acids is 1. The molecular weight excluding hydrogens is 474 g/mol. The van der Waals surface area contributed by atoms with Gasteiger partial charge in [-0.2, -0.15) is 0 Å². The molecule has 0 bridgehead atoms. The summed E-state index contributed by atoms with van der Waals surface area (Å²) in [6.07, 6.45) is 5.40. The summed E-state index contributed by atoms with van der Waals surface area (Å²) in [5.41, 5.74) is 1.84.